The molecule has 4 rings (SSSR count). The first-order valence-electron chi connectivity index (χ1n) is 10.2. The van der Waals surface area contributed by atoms with Crippen molar-refractivity contribution >= 4 is 23.1 Å². The first-order chi connectivity index (χ1) is 14.8. The number of carbonyl (C=O) groups excluding carboxylic acids is 2. The van der Waals surface area contributed by atoms with Gasteiger partial charge in [-0.1, -0.05) is 29.8 Å². The van der Waals surface area contributed by atoms with E-state index in [4.69, 9.17) is 0 Å². The van der Waals surface area contributed by atoms with Crippen molar-refractivity contribution in [2.45, 2.75) is 33.7 Å². The van der Waals surface area contributed by atoms with Gasteiger partial charge in [0.1, 0.15) is 5.76 Å². The lowest BCUT2D eigenvalue weighted by Crippen LogP contribution is -2.30. The van der Waals surface area contributed by atoms with Gasteiger partial charge in [0, 0.05) is 23.6 Å². The molecule has 156 valence electrons. The van der Waals surface area contributed by atoms with Crippen LogP contribution in [0.4, 0.5) is 5.69 Å². The molecule has 0 aliphatic carbocycles. The van der Waals surface area contributed by atoms with E-state index in [2.05, 4.69) is 4.98 Å². The summed E-state index contributed by atoms with van der Waals surface area (Å²) in [6.45, 7) is 7.69. The Labute approximate surface area is 181 Å². The zero-order chi connectivity index (χ0) is 22.3. The van der Waals surface area contributed by atoms with Crippen molar-refractivity contribution in [3.63, 3.8) is 0 Å². The molecule has 0 bridgehead atoms. The lowest BCUT2D eigenvalue weighted by Gasteiger charge is -2.27. The van der Waals surface area contributed by atoms with Crippen molar-refractivity contribution in [2.24, 2.45) is 0 Å². The molecule has 0 radical (unpaired) electrons. The third kappa shape index (κ3) is 3.42. The van der Waals surface area contributed by atoms with Crippen LogP contribution >= 0.6 is 0 Å². The molecule has 1 saturated heterocycles. The third-order valence-electron chi connectivity index (χ3n) is 5.95. The largest absolute Gasteiger partial charge is 0.507 e. The second kappa shape index (κ2) is 7.84. The van der Waals surface area contributed by atoms with Crippen molar-refractivity contribution in [1.82, 2.24) is 4.98 Å². The first-order valence-corrected chi connectivity index (χ1v) is 10.2. The number of aryl methyl sites for hydroxylation is 3. The van der Waals surface area contributed by atoms with E-state index in [1.54, 1.807) is 24.5 Å². The molecule has 0 spiro atoms. The Kier molecular flexibility index (Phi) is 5.19. The number of hydrogen-bond donors (Lipinski definition) is 1. The minimum atomic E-state index is -0.747. The molecule has 5 nitrogen and oxygen atoms in total. The highest BCUT2D eigenvalue weighted by molar-refractivity contribution is 6.51. The molecule has 3 aromatic rings. The van der Waals surface area contributed by atoms with E-state index in [0.29, 0.717) is 16.8 Å². The molecule has 2 heterocycles. The second-order valence-corrected chi connectivity index (χ2v) is 7.99. The number of amides is 1. The fourth-order valence-electron chi connectivity index (χ4n) is 4.07. The summed E-state index contributed by atoms with van der Waals surface area (Å²) in [6.07, 6.45) is 3.24. The Morgan fingerprint density at radius 3 is 2.35 bits per heavy atom. The quantitative estimate of drug-likeness (QED) is 0.376. The van der Waals surface area contributed by atoms with E-state index in [1.165, 1.54) is 4.90 Å². The lowest BCUT2D eigenvalue weighted by molar-refractivity contribution is -0.132. The number of carbonyl (C=O) groups is 2. The van der Waals surface area contributed by atoms with Crippen LogP contribution in [0.25, 0.3) is 5.76 Å². The average molecular weight is 412 g/mol. The number of anilines is 1. The Balaban J connectivity index is 2.01. The van der Waals surface area contributed by atoms with Gasteiger partial charge in [-0.2, -0.15) is 0 Å². The highest BCUT2D eigenvalue weighted by atomic mass is 16.3. The summed E-state index contributed by atoms with van der Waals surface area (Å²) in [7, 11) is 0. The smallest absolute Gasteiger partial charge is 0.300 e. The highest BCUT2D eigenvalue weighted by Gasteiger charge is 2.47. The van der Waals surface area contributed by atoms with E-state index in [9.17, 15) is 14.7 Å². The number of nitrogens with zero attached hydrogens (tertiary/aromatic N) is 2. The Morgan fingerprint density at radius 1 is 0.935 bits per heavy atom. The number of aromatic nitrogens is 1. The summed E-state index contributed by atoms with van der Waals surface area (Å²) in [6, 6.07) is 14.1. The molecule has 1 unspecified atom stereocenters. The molecule has 1 aliphatic rings. The minimum Gasteiger partial charge on any atom is -0.507 e. The van der Waals surface area contributed by atoms with Gasteiger partial charge in [0.25, 0.3) is 11.7 Å². The Hall–Kier alpha value is -3.73. The summed E-state index contributed by atoms with van der Waals surface area (Å²) in [5.41, 5.74) is 5.72. The van der Waals surface area contributed by atoms with E-state index in [-0.39, 0.29) is 11.3 Å². The van der Waals surface area contributed by atoms with Gasteiger partial charge in [0.05, 0.1) is 11.6 Å². The summed E-state index contributed by atoms with van der Waals surface area (Å²) >= 11 is 0. The zero-order valence-electron chi connectivity index (χ0n) is 18.0. The number of aliphatic hydroxyl groups excluding tert-OH is 1. The van der Waals surface area contributed by atoms with Gasteiger partial charge >= 0.3 is 0 Å². The van der Waals surface area contributed by atoms with Gasteiger partial charge in [-0.15, -0.1) is 0 Å². The van der Waals surface area contributed by atoms with Gasteiger partial charge in [-0.25, -0.2) is 0 Å². The van der Waals surface area contributed by atoms with Gasteiger partial charge in [0.2, 0.25) is 0 Å². The number of pyridine rings is 1. The molecule has 5 heteroatoms. The second-order valence-electron chi connectivity index (χ2n) is 7.99. The highest BCUT2D eigenvalue weighted by Crippen LogP contribution is 2.43. The predicted octanol–water partition coefficient (Wildman–Crippen LogP) is 4.94. The predicted molar refractivity (Wildman–Crippen MR) is 121 cm³/mol. The Bertz CT molecular complexity index is 1230. The van der Waals surface area contributed by atoms with Gasteiger partial charge < -0.3 is 5.11 Å². The topological polar surface area (TPSA) is 70.5 Å². The van der Waals surface area contributed by atoms with Crippen LogP contribution in [0.1, 0.15) is 39.4 Å². The first kappa shape index (κ1) is 20.5. The van der Waals surface area contributed by atoms with Crippen LogP contribution in [-0.2, 0) is 9.59 Å². The maximum Gasteiger partial charge on any atom is 0.300 e. The zero-order valence-corrected chi connectivity index (χ0v) is 18.0. The van der Waals surface area contributed by atoms with E-state index < -0.39 is 17.7 Å². The van der Waals surface area contributed by atoms with E-state index >= 15 is 0 Å². The molecule has 0 saturated carbocycles. The van der Waals surface area contributed by atoms with Crippen LogP contribution in [0.15, 0.2) is 66.5 Å². The maximum atomic E-state index is 13.3. The lowest BCUT2D eigenvalue weighted by atomic mass is 9.93. The molecule has 1 fully saturated rings. The van der Waals surface area contributed by atoms with E-state index in [0.717, 1.165) is 22.3 Å². The van der Waals surface area contributed by atoms with Crippen molar-refractivity contribution in [2.75, 3.05) is 4.90 Å². The fourth-order valence-corrected chi connectivity index (χ4v) is 4.07. The normalized spacial score (nSPS) is 17.9. The molecule has 1 N–H and O–H groups in total. The van der Waals surface area contributed by atoms with Crippen molar-refractivity contribution in [3.8, 4) is 0 Å². The van der Waals surface area contributed by atoms with Crippen LogP contribution in [0.3, 0.4) is 0 Å². The third-order valence-corrected chi connectivity index (χ3v) is 5.95. The van der Waals surface area contributed by atoms with Gasteiger partial charge in [-0.3, -0.25) is 19.5 Å². The molecular formula is C26H24N2O3. The van der Waals surface area contributed by atoms with Gasteiger partial charge in [-0.05, 0) is 74.2 Å². The molecule has 1 atom stereocenters. The minimum absolute atomic E-state index is 0.0887. The summed E-state index contributed by atoms with van der Waals surface area (Å²) in [5, 5.41) is 11.3. The molecule has 1 amide bonds. The van der Waals surface area contributed by atoms with Crippen LogP contribution < -0.4 is 4.90 Å². The molecule has 2 aromatic carbocycles. The maximum absolute atomic E-state index is 13.3. The van der Waals surface area contributed by atoms with Crippen molar-refractivity contribution < 1.29 is 14.7 Å². The summed E-state index contributed by atoms with van der Waals surface area (Å²) < 4.78 is 0. The molecule has 1 aromatic heterocycles. The van der Waals surface area contributed by atoms with E-state index in [1.807, 2.05) is 64.1 Å². The Morgan fingerprint density at radius 2 is 1.65 bits per heavy atom. The summed E-state index contributed by atoms with van der Waals surface area (Å²) in [5.74, 6) is -1.50. The number of aliphatic hydroxyl groups is 1. The standard InChI is InChI=1S/C26H24N2O3/c1-15-8-9-17(3)20(14-15)24(29)22-23(19-10-12-27-13-11-19)28(26(31)25(22)30)21-7-5-6-16(2)18(21)4/h5-14,23,29H,1-4H3/b24-22+. The van der Waals surface area contributed by atoms with Crippen LogP contribution in [0, 0.1) is 27.7 Å². The summed E-state index contributed by atoms with van der Waals surface area (Å²) in [4.78, 5) is 32.1. The van der Waals surface area contributed by atoms with Gasteiger partial charge in [0.15, 0.2) is 0 Å². The number of benzene rings is 2. The molecule has 31 heavy (non-hydrogen) atoms. The number of rotatable bonds is 3. The SMILES string of the molecule is Cc1ccc(C)c(/C(O)=C2\C(=O)C(=O)N(c3cccc(C)c3C)C2c2ccncc2)c1. The molecule has 1 aliphatic heterocycles. The average Bonchev–Trinajstić information content (AvgIpc) is 3.03. The monoisotopic (exact) mass is 412 g/mol. The number of Topliss-reactive ketones (excluding diaryl/α,β-unsaturated/α-hetero) is 1. The number of hydrogen-bond acceptors (Lipinski definition) is 4. The van der Waals surface area contributed by atoms with Crippen LogP contribution in [-0.4, -0.2) is 21.8 Å². The fraction of sp³-hybridized carbons (Fsp3) is 0.192. The van der Waals surface area contributed by atoms with Crippen LogP contribution in [0.2, 0.25) is 0 Å². The molecular weight excluding hydrogens is 388 g/mol. The van der Waals surface area contributed by atoms with Crippen molar-refractivity contribution in [3.05, 3.63) is 99.9 Å². The number of ketones is 1. The van der Waals surface area contributed by atoms with Crippen LogP contribution in [0.5, 0.6) is 0 Å². The van der Waals surface area contributed by atoms with Crippen molar-refractivity contribution in [1.29, 1.82) is 0 Å².